The summed E-state index contributed by atoms with van der Waals surface area (Å²) in [6.07, 6.45) is 4.41. The summed E-state index contributed by atoms with van der Waals surface area (Å²) in [7, 11) is 0. The van der Waals surface area contributed by atoms with Crippen molar-refractivity contribution in [3.63, 3.8) is 0 Å². The molecule has 1 amide bonds. The number of nitrogens with zero attached hydrogens (tertiary/aromatic N) is 1. The summed E-state index contributed by atoms with van der Waals surface area (Å²) in [4.78, 5) is 28.4. The molecule has 0 saturated carbocycles. The largest absolute Gasteiger partial charge is 0.344 e. The Bertz CT molecular complexity index is 843. The highest BCUT2D eigenvalue weighted by Gasteiger charge is 2.28. The van der Waals surface area contributed by atoms with E-state index in [0.717, 1.165) is 10.7 Å². The molecule has 130 valence electrons. The van der Waals surface area contributed by atoms with Crippen LogP contribution in [0, 0.1) is 0 Å². The van der Waals surface area contributed by atoms with Crippen LogP contribution < -0.4 is 10.6 Å². The highest BCUT2D eigenvalue weighted by molar-refractivity contribution is 6.34. The Morgan fingerprint density at radius 2 is 2.08 bits per heavy atom. The monoisotopic (exact) mass is 377 g/mol. The Kier molecular flexibility index (Phi) is 4.97. The third-order valence-electron chi connectivity index (χ3n) is 4.13. The van der Waals surface area contributed by atoms with Gasteiger partial charge >= 0.3 is 0 Å². The summed E-state index contributed by atoms with van der Waals surface area (Å²) in [6.45, 7) is 3.28. The molecule has 0 radical (unpaired) electrons. The molecule has 0 saturated heterocycles. The number of ketones is 1. The first-order valence-corrected chi connectivity index (χ1v) is 8.63. The second kappa shape index (κ2) is 7.02. The van der Waals surface area contributed by atoms with Gasteiger partial charge in [-0.05, 0) is 44.2 Å². The van der Waals surface area contributed by atoms with E-state index >= 15 is 0 Å². The lowest BCUT2D eigenvalue weighted by molar-refractivity contribution is 0.0946. The average Bonchev–Trinajstić information content (AvgIpc) is 2.97. The van der Waals surface area contributed by atoms with E-state index in [-0.39, 0.29) is 28.8 Å². The number of fused-ring (bicyclic) bond motifs is 1. The lowest BCUT2D eigenvalue weighted by Crippen LogP contribution is -2.42. The van der Waals surface area contributed by atoms with Crippen molar-refractivity contribution >= 4 is 40.7 Å². The van der Waals surface area contributed by atoms with Gasteiger partial charge in [0.1, 0.15) is 5.84 Å². The van der Waals surface area contributed by atoms with Crippen LogP contribution in [0.2, 0.25) is 5.02 Å². The fourth-order valence-electron chi connectivity index (χ4n) is 2.75. The summed E-state index contributed by atoms with van der Waals surface area (Å²) in [6, 6.07) is 4.32. The van der Waals surface area contributed by atoms with Gasteiger partial charge in [0.2, 0.25) is 0 Å². The molecule has 1 heterocycles. The van der Waals surface area contributed by atoms with Crippen molar-refractivity contribution in [1.82, 2.24) is 10.6 Å². The summed E-state index contributed by atoms with van der Waals surface area (Å²) >= 11 is 12.1. The lowest BCUT2D eigenvalue weighted by atomic mass is 10.1. The first-order valence-electron chi connectivity index (χ1n) is 7.87. The molecule has 0 fully saturated rings. The number of amidine groups is 1. The van der Waals surface area contributed by atoms with Gasteiger partial charge in [-0.1, -0.05) is 23.2 Å². The van der Waals surface area contributed by atoms with Crippen LogP contribution in [0.25, 0.3) is 0 Å². The molecular weight excluding hydrogens is 361 g/mol. The first-order chi connectivity index (χ1) is 11.8. The van der Waals surface area contributed by atoms with E-state index in [1.165, 1.54) is 13.0 Å². The molecule has 2 N–H and O–H groups in total. The van der Waals surface area contributed by atoms with Crippen LogP contribution in [0.5, 0.6) is 0 Å². The average molecular weight is 378 g/mol. The zero-order valence-corrected chi connectivity index (χ0v) is 15.3. The summed E-state index contributed by atoms with van der Waals surface area (Å²) in [5, 5.41) is 7.14. The van der Waals surface area contributed by atoms with Gasteiger partial charge in [-0.2, -0.15) is 0 Å². The number of carbonyl (C=O) groups is 2. The van der Waals surface area contributed by atoms with Crippen molar-refractivity contribution in [2.24, 2.45) is 4.99 Å². The van der Waals surface area contributed by atoms with Crippen LogP contribution in [0.1, 0.15) is 41.0 Å². The highest BCUT2D eigenvalue weighted by Crippen LogP contribution is 2.26. The smallest absolute Gasteiger partial charge is 0.251 e. The van der Waals surface area contributed by atoms with E-state index in [4.69, 9.17) is 23.2 Å². The number of benzene rings is 1. The number of nitrogens with one attached hydrogen (secondary N) is 2. The molecule has 7 heteroatoms. The molecule has 1 aromatic rings. The van der Waals surface area contributed by atoms with Gasteiger partial charge in [0, 0.05) is 28.3 Å². The van der Waals surface area contributed by atoms with E-state index in [1.807, 2.05) is 19.1 Å². The maximum absolute atomic E-state index is 12.4. The van der Waals surface area contributed by atoms with E-state index in [0.29, 0.717) is 23.4 Å². The quantitative estimate of drug-likeness (QED) is 0.789. The number of Topliss-reactive ketones (excluding diaryl/α,β-unsaturated/α-hetero) is 1. The number of rotatable bonds is 4. The van der Waals surface area contributed by atoms with Crippen molar-refractivity contribution < 1.29 is 9.59 Å². The molecule has 0 aromatic heterocycles. The van der Waals surface area contributed by atoms with Crippen LogP contribution in [0.3, 0.4) is 0 Å². The van der Waals surface area contributed by atoms with Gasteiger partial charge in [0.15, 0.2) is 5.78 Å². The summed E-state index contributed by atoms with van der Waals surface area (Å²) in [5.41, 5.74) is 1.77. The Morgan fingerprint density at radius 3 is 2.76 bits per heavy atom. The van der Waals surface area contributed by atoms with E-state index in [9.17, 15) is 9.59 Å². The third kappa shape index (κ3) is 3.78. The number of hydrogen-bond acceptors (Lipinski definition) is 4. The van der Waals surface area contributed by atoms with Gasteiger partial charge in [0.25, 0.3) is 5.91 Å². The molecule has 3 rings (SSSR count). The molecule has 25 heavy (non-hydrogen) atoms. The minimum absolute atomic E-state index is 0.0175. The number of amides is 1. The van der Waals surface area contributed by atoms with Crippen molar-refractivity contribution in [3.8, 4) is 0 Å². The molecular formula is C18H17Cl2N3O2. The fraction of sp³-hybridized carbons (Fsp3) is 0.278. The molecule has 2 atom stereocenters. The Labute approximate surface area is 155 Å². The van der Waals surface area contributed by atoms with Gasteiger partial charge < -0.3 is 10.6 Å². The number of halogens is 2. The van der Waals surface area contributed by atoms with E-state index in [2.05, 4.69) is 15.6 Å². The van der Waals surface area contributed by atoms with Gasteiger partial charge in [-0.15, -0.1) is 0 Å². The number of aliphatic imine (C=N–C) groups is 1. The zero-order valence-electron chi connectivity index (χ0n) is 13.8. The molecule has 2 aliphatic rings. The molecule has 1 aliphatic heterocycles. The molecule has 0 bridgehead atoms. The fourth-order valence-corrected chi connectivity index (χ4v) is 3.28. The molecule has 1 aliphatic carbocycles. The standard InChI is InChI=1S/C18H17Cl2N3O2/c1-9(17-22-15-6-4-12(19)8-16(15)23-17)21-18(25)11-3-5-13(10(2)24)14(20)7-11/h3-7,9,16H,8H2,1-2H3,(H,21,25)(H,22,23)/t9-,16?/m0/s1. The van der Waals surface area contributed by atoms with Crippen molar-refractivity contribution in [3.05, 3.63) is 57.2 Å². The molecule has 1 unspecified atom stereocenters. The van der Waals surface area contributed by atoms with E-state index < -0.39 is 0 Å². The minimum Gasteiger partial charge on any atom is -0.344 e. The van der Waals surface area contributed by atoms with Gasteiger partial charge in [-0.3, -0.25) is 14.6 Å². The Morgan fingerprint density at radius 1 is 1.32 bits per heavy atom. The topological polar surface area (TPSA) is 70.6 Å². The lowest BCUT2D eigenvalue weighted by Gasteiger charge is -2.15. The number of carbonyl (C=O) groups excluding carboxylic acids is 2. The van der Waals surface area contributed by atoms with Crippen LogP contribution in [-0.2, 0) is 0 Å². The Hall–Kier alpha value is -2.11. The SMILES string of the molecule is CC(=O)c1ccc(C(=O)N[C@@H](C)C2=NC3CC(Cl)=CC=C3N2)cc1Cl. The number of hydrogen-bond donors (Lipinski definition) is 2. The third-order valence-corrected chi connectivity index (χ3v) is 4.72. The van der Waals surface area contributed by atoms with Crippen LogP contribution in [0.4, 0.5) is 0 Å². The predicted octanol–water partition coefficient (Wildman–Crippen LogP) is 3.44. The maximum atomic E-state index is 12.4. The highest BCUT2D eigenvalue weighted by atomic mass is 35.5. The second-order valence-corrected chi connectivity index (χ2v) is 6.93. The van der Waals surface area contributed by atoms with E-state index in [1.54, 1.807) is 12.1 Å². The van der Waals surface area contributed by atoms with Crippen molar-refractivity contribution in [2.45, 2.75) is 32.4 Å². The zero-order chi connectivity index (χ0) is 18.1. The number of allylic oxidation sites excluding steroid dienone is 2. The Balaban J connectivity index is 1.69. The van der Waals surface area contributed by atoms with Crippen LogP contribution in [0.15, 0.2) is 46.1 Å². The van der Waals surface area contributed by atoms with Crippen molar-refractivity contribution in [1.29, 1.82) is 0 Å². The minimum atomic E-state index is -0.302. The predicted molar refractivity (Wildman–Crippen MR) is 99.4 cm³/mol. The molecule has 1 aromatic carbocycles. The van der Waals surface area contributed by atoms with Gasteiger partial charge in [0.05, 0.1) is 17.1 Å². The van der Waals surface area contributed by atoms with Crippen molar-refractivity contribution in [2.75, 3.05) is 0 Å². The van der Waals surface area contributed by atoms with Crippen LogP contribution >= 0.6 is 23.2 Å². The normalized spacial score (nSPS) is 19.8. The van der Waals surface area contributed by atoms with Crippen LogP contribution in [-0.4, -0.2) is 29.6 Å². The maximum Gasteiger partial charge on any atom is 0.251 e. The summed E-state index contributed by atoms with van der Waals surface area (Å²) in [5.74, 6) is 0.266. The van der Waals surface area contributed by atoms with Gasteiger partial charge in [-0.25, -0.2) is 0 Å². The first kappa shape index (κ1) is 17.7. The molecule has 5 nitrogen and oxygen atoms in total. The summed E-state index contributed by atoms with van der Waals surface area (Å²) < 4.78 is 0. The molecule has 0 spiro atoms. The second-order valence-electron chi connectivity index (χ2n) is 6.04.